The molecule has 7 heteroatoms. The van der Waals surface area contributed by atoms with Crippen molar-refractivity contribution < 1.29 is 8.42 Å². The molecule has 0 radical (unpaired) electrons. The van der Waals surface area contributed by atoms with Gasteiger partial charge in [-0.15, -0.1) is 11.6 Å². The number of halogens is 3. The Balaban J connectivity index is 2.36. The van der Waals surface area contributed by atoms with Crippen molar-refractivity contribution in [1.29, 1.82) is 0 Å². The molecule has 0 saturated carbocycles. The molecule has 0 saturated heterocycles. The van der Waals surface area contributed by atoms with Crippen LogP contribution in [0.5, 0.6) is 0 Å². The smallest absolute Gasteiger partial charge is 0.241 e. The molecule has 3 rings (SSSR count). The molecule has 1 heterocycles. The minimum Gasteiger partial charge on any atom is -0.241 e. The van der Waals surface area contributed by atoms with Crippen molar-refractivity contribution in [2.75, 3.05) is 0 Å². The molecule has 0 amide bonds. The second-order valence-corrected chi connectivity index (χ2v) is 7.97. The van der Waals surface area contributed by atoms with Gasteiger partial charge in [0, 0.05) is 21.9 Å². The van der Waals surface area contributed by atoms with E-state index in [1.165, 1.54) is 10.2 Å². The Morgan fingerprint density at radius 1 is 1.09 bits per heavy atom. The summed E-state index contributed by atoms with van der Waals surface area (Å²) in [5.74, 6) is 0.179. The molecule has 0 atom stereocenters. The van der Waals surface area contributed by atoms with Crippen molar-refractivity contribution in [1.82, 2.24) is 3.97 Å². The van der Waals surface area contributed by atoms with Gasteiger partial charge in [-0.3, -0.25) is 0 Å². The fraction of sp³-hybridized carbons (Fsp3) is 0.0667. The molecule has 3 nitrogen and oxygen atoms in total. The van der Waals surface area contributed by atoms with Gasteiger partial charge >= 0.3 is 0 Å². The lowest BCUT2D eigenvalue weighted by molar-refractivity contribution is 0.588. The lowest BCUT2D eigenvalue weighted by Gasteiger charge is -2.09. The van der Waals surface area contributed by atoms with E-state index in [-0.39, 0.29) is 10.8 Å². The maximum absolute atomic E-state index is 13.0. The van der Waals surface area contributed by atoms with Gasteiger partial charge in [-0.2, -0.15) is 0 Å². The Labute approximate surface area is 146 Å². The molecule has 0 aliphatic heterocycles. The Morgan fingerprint density at radius 2 is 1.82 bits per heavy atom. The molecule has 0 unspecified atom stereocenters. The van der Waals surface area contributed by atoms with Gasteiger partial charge in [-0.05, 0) is 45.8 Å². The molecule has 0 bridgehead atoms. The molecule has 0 aliphatic carbocycles. The van der Waals surface area contributed by atoms with Crippen LogP contribution in [-0.2, 0) is 15.9 Å². The van der Waals surface area contributed by atoms with Crippen LogP contribution in [0.3, 0.4) is 0 Å². The van der Waals surface area contributed by atoms with Crippen LogP contribution in [0.4, 0.5) is 0 Å². The highest BCUT2D eigenvalue weighted by Crippen LogP contribution is 2.33. The Hall–Kier alpha value is -1.01. The minimum absolute atomic E-state index is 0.179. The first-order chi connectivity index (χ1) is 10.5. The van der Waals surface area contributed by atoms with Gasteiger partial charge in [0.25, 0.3) is 10.0 Å². The van der Waals surface area contributed by atoms with Crippen LogP contribution in [0, 0.1) is 0 Å². The number of benzene rings is 2. The standard InChI is InChI=1S/C15H10BrCl2NO2S/c16-11-4-1-2-7-14(11)22(20,21)19-9-10(8-17)15-12(18)5-3-6-13(15)19/h1-7,9H,8H2. The molecule has 2 aromatic carbocycles. The Kier molecular flexibility index (Phi) is 4.25. The molecule has 0 N–H and O–H groups in total. The first-order valence-electron chi connectivity index (χ1n) is 6.31. The van der Waals surface area contributed by atoms with E-state index < -0.39 is 10.0 Å². The number of nitrogens with zero attached hydrogens (tertiary/aromatic N) is 1. The van der Waals surface area contributed by atoms with Crippen LogP contribution < -0.4 is 0 Å². The normalized spacial score (nSPS) is 12.0. The van der Waals surface area contributed by atoms with Crippen LogP contribution in [-0.4, -0.2) is 12.4 Å². The van der Waals surface area contributed by atoms with Crippen molar-refractivity contribution in [3.8, 4) is 0 Å². The van der Waals surface area contributed by atoms with Crippen molar-refractivity contribution in [3.63, 3.8) is 0 Å². The molecule has 0 fully saturated rings. The van der Waals surface area contributed by atoms with Gasteiger partial charge in [0.15, 0.2) is 0 Å². The third-order valence-corrected chi connectivity index (χ3v) is 6.63. The second-order valence-electron chi connectivity index (χ2n) is 4.65. The average Bonchev–Trinajstić information content (AvgIpc) is 2.88. The van der Waals surface area contributed by atoms with Crippen molar-refractivity contribution in [2.24, 2.45) is 0 Å². The van der Waals surface area contributed by atoms with Gasteiger partial charge in [0.05, 0.1) is 10.5 Å². The van der Waals surface area contributed by atoms with Crippen LogP contribution >= 0.6 is 39.1 Å². The lowest BCUT2D eigenvalue weighted by Crippen LogP contribution is -2.12. The second kappa shape index (κ2) is 5.89. The third kappa shape index (κ3) is 2.46. The summed E-state index contributed by atoms with van der Waals surface area (Å²) in [6.07, 6.45) is 1.53. The topological polar surface area (TPSA) is 39.1 Å². The van der Waals surface area contributed by atoms with Gasteiger partial charge in [0.1, 0.15) is 4.90 Å². The molecule has 1 aromatic heterocycles. The van der Waals surface area contributed by atoms with Crippen LogP contribution in [0.2, 0.25) is 5.02 Å². The van der Waals surface area contributed by atoms with E-state index in [1.54, 1.807) is 42.5 Å². The molecular weight excluding hydrogens is 409 g/mol. The van der Waals surface area contributed by atoms with Crippen LogP contribution in [0.1, 0.15) is 5.56 Å². The van der Waals surface area contributed by atoms with Gasteiger partial charge in [-0.25, -0.2) is 12.4 Å². The van der Waals surface area contributed by atoms with Gasteiger partial charge in [0.2, 0.25) is 0 Å². The molecule has 114 valence electrons. The highest BCUT2D eigenvalue weighted by molar-refractivity contribution is 9.10. The zero-order valence-corrected chi connectivity index (χ0v) is 15.0. The number of alkyl halides is 1. The predicted molar refractivity (Wildman–Crippen MR) is 93.2 cm³/mol. The van der Waals surface area contributed by atoms with Crippen molar-refractivity contribution in [3.05, 3.63) is 63.7 Å². The van der Waals surface area contributed by atoms with E-state index >= 15 is 0 Å². The number of fused-ring (bicyclic) bond motifs is 1. The largest absolute Gasteiger partial charge is 0.269 e. The van der Waals surface area contributed by atoms with Gasteiger partial charge < -0.3 is 0 Å². The number of hydrogen-bond acceptors (Lipinski definition) is 2. The quantitative estimate of drug-likeness (QED) is 0.559. The summed E-state index contributed by atoms with van der Waals surface area (Å²) in [7, 11) is -3.75. The number of hydrogen-bond donors (Lipinski definition) is 0. The van der Waals surface area contributed by atoms with Crippen LogP contribution in [0.15, 0.2) is 58.0 Å². The molecule has 0 aliphatic rings. The Bertz CT molecular complexity index is 967. The SMILES string of the molecule is O=S(=O)(c1ccccc1Br)n1cc(CCl)c2c(Cl)cccc21. The summed E-state index contributed by atoms with van der Waals surface area (Å²) in [5.41, 5.74) is 1.19. The maximum atomic E-state index is 13.0. The fourth-order valence-corrected chi connectivity index (χ4v) is 5.20. The average molecular weight is 419 g/mol. The minimum atomic E-state index is -3.75. The van der Waals surface area contributed by atoms with E-state index in [1.807, 2.05) is 0 Å². The van der Waals surface area contributed by atoms with Crippen molar-refractivity contribution in [2.45, 2.75) is 10.8 Å². The summed E-state index contributed by atoms with van der Waals surface area (Å²) in [4.78, 5) is 0.188. The van der Waals surface area contributed by atoms with E-state index in [0.717, 1.165) is 0 Å². The number of rotatable bonds is 3. The zero-order chi connectivity index (χ0) is 15.9. The molecule has 0 spiro atoms. The van der Waals surface area contributed by atoms with E-state index in [4.69, 9.17) is 23.2 Å². The zero-order valence-electron chi connectivity index (χ0n) is 11.1. The summed E-state index contributed by atoms with van der Waals surface area (Å²) in [6.45, 7) is 0. The summed E-state index contributed by atoms with van der Waals surface area (Å²) >= 11 is 15.4. The fourth-order valence-electron chi connectivity index (χ4n) is 2.35. The predicted octanol–water partition coefficient (Wildman–Crippen LogP) is 5.03. The first-order valence-corrected chi connectivity index (χ1v) is 9.46. The number of aromatic nitrogens is 1. The van der Waals surface area contributed by atoms with Crippen molar-refractivity contribution >= 4 is 60.1 Å². The van der Waals surface area contributed by atoms with E-state index in [2.05, 4.69) is 15.9 Å². The molecule has 3 aromatic rings. The van der Waals surface area contributed by atoms with E-state index in [9.17, 15) is 8.42 Å². The summed E-state index contributed by atoms with van der Waals surface area (Å²) < 4.78 is 27.6. The van der Waals surface area contributed by atoms with Gasteiger partial charge in [-0.1, -0.05) is 29.8 Å². The lowest BCUT2D eigenvalue weighted by atomic mass is 10.2. The Morgan fingerprint density at radius 3 is 2.50 bits per heavy atom. The molecular formula is C15H10BrCl2NO2S. The van der Waals surface area contributed by atoms with Crippen LogP contribution in [0.25, 0.3) is 10.9 Å². The first kappa shape index (κ1) is 15.9. The maximum Gasteiger partial charge on any atom is 0.269 e. The monoisotopic (exact) mass is 417 g/mol. The summed E-state index contributed by atoms with van der Waals surface area (Å²) in [6, 6.07) is 11.8. The summed E-state index contributed by atoms with van der Waals surface area (Å²) in [5, 5.41) is 1.14. The third-order valence-electron chi connectivity index (χ3n) is 3.34. The highest BCUT2D eigenvalue weighted by Gasteiger charge is 2.23. The molecule has 22 heavy (non-hydrogen) atoms. The van der Waals surface area contributed by atoms with E-state index in [0.29, 0.717) is 26.0 Å². The highest BCUT2D eigenvalue weighted by atomic mass is 79.9.